The zero-order chi connectivity index (χ0) is 17.5. The van der Waals surface area contributed by atoms with E-state index in [9.17, 15) is 9.90 Å². The first kappa shape index (κ1) is 17.4. The molecule has 1 fully saturated rings. The number of ether oxygens (including phenoxy) is 1. The van der Waals surface area contributed by atoms with Gasteiger partial charge in [0.05, 0.1) is 18.7 Å². The highest BCUT2D eigenvalue weighted by molar-refractivity contribution is 6.30. The fraction of sp³-hybridized carbons (Fsp3) is 0.611. The minimum absolute atomic E-state index is 0.113. The molecular formula is C18H25ClN2O3. The average Bonchev–Trinajstić information content (AvgIpc) is 2.86. The average molecular weight is 353 g/mol. The molecule has 0 aliphatic carbocycles. The molecule has 1 aromatic carbocycles. The first-order chi connectivity index (χ1) is 11.2. The van der Waals surface area contributed by atoms with Gasteiger partial charge in [0, 0.05) is 23.8 Å². The summed E-state index contributed by atoms with van der Waals surface area (Å²) in [5.74, 6) is 0. The number of nitrogens with zero attached hydrogens (tertiary/aromatic N) is 2. The molecule has 5 nitrogen and oxygen atoms in total. The molecule has 2 aliphatic rings. The van der Waals surface area contributed by atoms with Crippen molar-refractivity contribution in [2.75, 3.05) is 24.5 Å². The van der Waals surface area contributed by atoms with Gasteiger partial charge in [-0.2, -0.15) is 0 Å². The van der Waals surface area contributed by atoms with E-state index < -0.39 is 11.7 Å². The summed E-state index contributed by atoms with van der Waals surface area (Å²) < 4.78 is 5.43. The molecule has 132 valence electrons. The van der Waals surface area contributed by atoms with Crippen molar-refractivity contribution in [2.24, 2.45) is 0 Å². The maximum absolute atomic E-state index is 12.3. The molecule has 2 atom stereocenters. The second-order valence-electron chi connectivity index (χ2n) is 7.59. The molecular weight excluding hydrogens is 328 g/mol. The molecule has 2 aliphatic heterocycles. The molecule has 1 N–H and O–H groups in total. The number of benzene rings is 1. The summed E-state index contributed by atoms with van der Waals surface area (Å²) in [5, 5.41) is 11.3. The summed E-state index contributed by atoms with van der Waals surface area (Å²) in [5.41, 5.74) is 1.78. The number of fused-ring (bicyclic) bond motifs is 1. The van der Waals surface area contributed by atoms with Crippen LogP contribution in [0.3, 0.4) is 0 Å². The van der Waals surface area contributed by atoms with Gasteiger partial charge in [0.25, 0.3) is 0 Å². The van der Waals surface area contributed by atoms with E-state index in [-0.39, 0.29) is 12.1 Å². The lowest BCUT2D eigenvalue weighted by Gasteiger charge is -2.37. The Morgan fingerprint density at radius 2 is 2.08 bits per heavy atom. The van der Waals surface area contributed by atoms with Gasteiger partial charge in [-0.1, -0.05) is 11.6 Å². The predicted octanol–water partition coefficient (Wildman–Crippen LogP) is 3.07. The predicted molar refractivity (Wildman–Crippen MR) is 94.7 cm³/mol. The standard InChI is InChI=1S/C18H25ClN2O3/c1-18(2,3)24-17(23)20-10-15(16(22)11-20)21-8-4-5-12-9-13(19)6-7-14(12)21/h6-7,9,15-16,22H,4-5,8,10-11H2,1-3H3. The smallest absolute Gasteiger partial charge is 0.410 e. The molecule has 0 spiro atoms. The number of likely N-dealkylation sites (tertiary alicyclic amines) is 1. The largest absolute Gasteiger partial charge is 0.444 e. The Bertz CT molecular complexity index is 629. The van der Waals surface area contributed by atoms with E-state index in [1.165, 1.54) is 5.56 Å². The monoisotopic (exact) mass is 352 g/mol. The van der Waals surface area contributed by atoms with Gasteiger partial charge >= 0.3 is 6.09 Å². The normalized spacial score (nSPS) is 24.0. The van der Waals surface area contributed by atoms with Crippen LogP contribution in [-0.4, -0.2) is 53.5 Å². The zero-order valence-corrected chi connectivity index (χ0v) is 15.2. The minimum Gasteiger partial charge on any atom is -0.444 e. The SMILES string of the molecule is CC(C)(C)OC(=O)N1CC(O)C(N2CCCc3cc(Cl)ccc32)C1. The Morgan fingerprint density at radius 3 is 2.79 bits per heavy atom. The van der Waals surface area contributed by atoms with Crippen molar-refractivity contribution in [2.45, 2.75) is 51.4 Å². The number of aryl methyl sites for hydroxylation is 1. The van der Waals surface area contributed by atoms with E-state index in [4.69, 9.17) is 16.3 Å². The number of carbonyl (C=O) groups is 1. The van der Waals surface area contributed by atoms with Gasteiger partial charge in [0.2, 0.25) is 0 Å². The Morgan fingerprint density at radius 1 is 1.33 bits per heavy atom. The molecule has 0 radical (unpaired) electrons. The number of hydrogen-bond donors (Lipinski definition) is 1. The highest BCUT2D eigenvalue weighted by atomic mass is 35.5. The zero-order valence-electron chi connectivity index (χ0n) is 14.5. The molecule has 6 heteroatoms. The molecule has 0 saturated carbocycles. The van der Waals surface area contributed by atoms with Crippen LogP contribution < -0.4 is 4.90 Å². The highest BCUT2D eigenvalue weighted by Crippen LogP contribution is 2.33. The van der Waals surface area contributed by atoms with Crippen molar-refractivity contribution in [3.63, 3.8) is 0 Å². The molecule has 2 unspecified atom stereocenters. The van der Waals surface area contributed by atoms with Crippen molar-refractivity contribution in [3.8, 4) is 0 Å². The van der Waals surface area contributed by atoms with Crippen LogP contribution in [-0.2, 0) is 11.2 Å². The lowest BCUT2D eigenvalue weighted by atomic mass is 9.99. The van der Waals surface area contributed by atoms with Gasteiger partial charge in [0.1, 0.15) is 5.60 Å². The van der Waals surface area contributed by atoms with Crippen LogP contribution in [0.15, 0.2) is 18.2 Å². The first-order valence-electron chi connectivity index (χ1n) is 8.46. The van der Waals surface area contributed by atoms with Crippen LogP contribution in [0.25, 0.3) is 0 Å². The van der Waals surface area contributed by atoms with Gasteiger partial charge in [-0.15, -0.1) is 0 Å². The van der Waals surface area contributed by atoms with Crippen molar-refractivity contribution in [1.29, 1.82) is 0 Å². The number of halogens is 1. The Kier molecular flexibility index (Phi) is 4.67. The van der Waals surface area contributed by atoms with Gasteiger partial charge in [-0.05, 0) is 57.4 Å². The number of anilines is 1. The van der Waals surface area contributed by atoms with Crippen LogP contribution in [0.4, 0.5) is 10.5 Å². The number of carbonyl (C=O) groups excluding carboxylic acids is 1. The summed E-state index contributed by atoms with van der Waals surface area (Å²) in [7, 11) is 0. The fourth-order valence-corrected chi connectivity index (χ4v) is 3.69. The first-order valence-corrected chi connectivity index (χ1v) is 8.83. The minimum atomic E-state index is -0.584. The molecule has 0 bridgehead atoms. The third-order valence-corrected chi connectivity index (χ3v) is 4.74. The number of amides is 1. The van der Waals surface area contributed by atoms with Gasteiger partial charge < -0.3 is 19.6 Å². The van der Waals surface area contributed by atoms with Crippen molar-refractivity contribution in [3.05, 3.63) is 28.8 Å². The second kappa shape index (κ2) is 6.45. The van der Waals surface area contributed by atoms with Crippen LogP contribution in [0.2, 0.25) is 5.02 Å². The van der Waals surface area contributed by atoms with Crippen LogP contribution in [0.1, 0.15) is 32.8 Å². The summed E-state index contributed by atoms with van der Waals surface area (Å²) in [4.78, 5) is 16.1. The molecule has 3 rings (SSSR count). The number of rotatable bonds is 1. The Labute approximate surface area is 148 Å². The van der Waals surface area contributed by atoms with E-state index in [2.05, 4.69) is 4.90 Å². The number of aliphatic hydroxyl groups is 1. The van der Waals surface area contributed by atoms with Gasteiger partial charge in [-0.3, -0.25) is 0 Å². The molecule has 0 aromatic heterocycles. The van der Waals surface area contributed by atoms with E-state index >= 15 is 0 Å². The Balaban J connectivity index is 1.76. The summed E-state index contributed by atoms with van der Waals surface area (Å²) >= 11 is 6.10. The van der Waals surface area contributed by atoms with Gasteiger partial charge in [0.15, 0.2) is 0 Å². The van der Waals surface area contributed by atoms with Crippen LogP contribution in [0.5, 0.6) is 0 Å². The van der Waals surface area contributed by atoms with E-state index in [1.54, 1.807) is 4.90 Å². The molecule has 1 saturated heterocycles. The quantitative estimate of drug-likeness (QED) is 0.844. The van der Waals surface area contributed by atoms with Gasteiger partial charge in [-0.25, -0.2) is 4.79 Å². The lowest BCUT2D eigenvalue weighted by molar-refractivity contribution is 0.0270. The maximum Gasteiger partial charge on any atom is 0.410 e. The fourth-order valence-electron chi connectivity index (χ4n) is 3.49. The van der Waals surface area contributed by atoms with E-state index in [0.29, 0.717) is 13.1 Å². The van der Waals surface area contributed by atoms with Crippen LogP contribution >= 0.6 is 11.6 Å². The molecule has 24 heavy (non-hydrogen) atoms. The van der Waals surface area contributed by atoms with Crippen molar-refractivity contribution in [1.82, 2.24) is 4.90 Å². The second-order valence-corrected chi connectivity index (χ2v) is 8.03. The van der Waals surface area contributed by atoms with Crippen molar-refractivity contribution < 1.29 is 14.6 Å². The van der Waals surface area contributed by atoms with E-state index in [1.807, 2.05) is 39.0 Å². The molecule has 1 aromatic rings. The molecule has 1 amide bonds. The lowest BCUT2D eigenvalue weighted by Crippen LogP contribution is -2.46. The Hall–Kier alpha value is -1.46. The highest BCUT2D eigenvalue weighted by Gasteiger charge is 2.40. The third kappa shape index (κ3) is 3.62. The summed E-state index contributed by atoms with van der Waals surface area (Å²) in [6.45, 7) is 7.19. The third-order valence-electron chi connectivity index (χ3n) is 4.51. The molecule has 2 heterocycles. The maximum atomic E-state index is 12.3. The number of hydrogen-bond acceptors (Lipinski definition) is 4. The van der Waals surface area contributed by atoms with Crippen molar-refractivity contribution >= 4 is 23.4 Å². The summed E-state index contributed by atoms with van der Waals surface area (Å²) in [6, 6.07) is 5.78. The van der Waals surface area contributed by atoms with E-state index in [0.717, 1.165) is 30.1 Å². The number of β-amino-alcohol motifs (C(OH)–C–C–N with tert-alkyl or cyclic N) is 1. The number of aliphatic hydroxyl groups excluding tert-OH is 1. The summed E-state index contributed by atoms with van der Waals surface area (Å²) in [6.07, 6.45) is 1.06. The van der Waals surface area contributed by atoms with Crippen LogP contribution in [0, 0.1) is 0 Å². The topological polar surface area (TPSA) is 53.0 Å².